The molecular weight excluding hydrogens is 490 g/mol. The zero-order valence-corrected chi connectivity index (χ0v) is 21.4. The number of anilines is 2. The molecule has 4 aromatic rings. The summed E-state index contributed by atoms with van der Waals surface area (Å²) in [5.74, 6) is 0.692. The largest absolute Gasteiger partial charge is 0.472 e. The van der Waals surface area contributed by atoms with Crippen LogP contribution >= 0.6 is 11.3 Å². The van der Waals surface area contributed by atoms with E-state index < -0.39 is 5.60 Å². The van der Waals surface area contributed by atoms with Gasteiger partial charge in [-0.05, 0) is 37.0 Å². The van der Waals surface area contributed by atoms with Gasteiger partial charge in [-0.25, -0.2) is 15.0 Å². The van der Waals surface area contributed by atoms with Crippen molar-refractivity contribution < 1.29 is 14.6 Å². The van der Waals surface area contributed by atoms with Gasteiger partial charge in [0, 0.05) is 44.2 Å². The molecule has 37 heavy (non-hydrogen) atoms. The Hall–Kier alpha value is -3.83. The lowest BCUT2D eigenvalue weighted by Crippen LogP contribution is -2.36. The lowest BCUT2D eigenvalue weighted by molar-refractivity contribution is -0.143. The smallest absolute Gasteiger partial charge is 0.258 e. The molecule has 1 aliphatic carbocycles. The highest BCUT2D eigenvalue weighted by Gasteiger charge is 2.45. The number of hydrogen-bond acceptors (Lipinski definition) is 9. The van der Waals surface area contributed by atoms with Gasteiger partial charge in [-0.3, -0.25) is 9.48 Å². The number of aliphatic hydroxyl groups is 1. The number of nitrogens with zero attached hydrogens (tertiary/aromatic N) is 6. The molecule has 0 unspecified atom stereocenters. The highest BCUT2D eigenvalue weighted by Crippen LogP contribution is 2.36. The van der Waals surface area contributed by atoms with Crippen LogP contribution in [0, 0.1) is 0 Å². The second-order valence-electron chi connectivity index (χ2n) is 9.54. The Morgan fingerprint density at radius 2 is 2.05 bits per heavy atom. The quantitative estimate of drug-likeness (QED) is 0.381. The van der Waals surface area contributed by atoms with Gasteiger partial charge in [-0.15, -0.1) is 16.4 Å². The normalized spacial score (nSPS) is 19.8. The fraction of sp³-hybridized carbons (Fsp3) is 0.346. The van der Waals surface area contributed by atoms with Gasteiger partial charge < -0.3 is 20.1 Å². The number of likely N-dealkylation sites (N-methyl/N-ethyl adjacent to an activating group) is 1. The Morgan fingerprint density at radius 1 is 1.19 bits per heavy atom. The van der Waals surface area contributed by atoms with Gasteiger partial charge in [0.1, 0.15) is 22.5 Å². The molecule has 1 saturated carbocycles. The molecule has 2 aliphatic rings. The number of aromatic nitrogens is 5. The molecule has 0 bridgehead atoms. The van der Waals surface area contributed by atoms with Crippen molar-refractivity contribution in [1.29, 1.82) is 0 Å². The first-order valence-electron chi connectivity index (χ1n) is 12.2. The summed E-state index contributed by atoms with van der Waals surface area (Å²) in [6.45, 7) is 0.526. The number of hydrogen-bond donors (Lipinski definition) is 2. The molecule has 1 saturated heterocycles. The van der Waals surface area contributed by atoms with Crippen molar-refractivity contribution in [2.75, 3.05) is 18.9 Å². The zero-order chi connectivity index (χ0) is 25.6. The van der Waals surface area contributed by atoms with Crippen molar-refractivity contribution in [3.8, 4) is 27.8 Å². The highest BCUT2D eigenvalue weighted by molar-refractivity contribution is 7.13. The molecule has 4 heterocycles. The van der Waals surface area contributed by atoms with E-state index in [1.165, 1.54) is 17.8 Å². The van der Waals surface area contributed by atoms with E-state index in [4.69, 9.17) is 9.72 Å². The van der Waals surface area contributed by atoms with Crippen LogP contribution in [-0.2, 0) is 17.4 Å². The van der Waals surface area contributed by atoms with E-state index in [2.05, 4.69) is 20.4 Å². The van der Waals surface area contributed by atoms with Crippen LogP contribution in [0.25, 0.3) is 22.0 Å². The Balaban J connectivity index is 1.23. The van der Waals surface area contributed by atoms with Crippen LogP contribution in [0.3, 0.4) is 0 Å². The SMILES string of the molecule is CN1CC[C@@](O)(c2cccc(-c3nc(-c4ccnc(Nc5cn(C)nc5OC5CCC5)n4)cs3)c2)C1=O. The van der Waals surface area contributed by atoms with Crippen LogP contribution in [-0.4, -0.2) is 60.3 Å². The van der Waals surface area contributed by atoms with E-state index in [-0.39, 0.29) is 12.0 Å². The number of ether oxygens (including phenoxy) is 1. The van der Waals surface area contributed by atoms with Gasteiger partial charge >= 0.3 is 0 Å². The maximum absolute atomic E-state index is 12.6. The minimum absolute atomic E-state index is 0.211. The molecule has 3 aromatic heterocycles. The average molecular weight is 518 g/mol. The van der Waals surface area contributed by atoms with Crippen LogP contribution < -0.4 is 10.1 Å². The number of amides is 1. The Bertz CT molecular complexity index is 1460. The monoisotopic (exact) mass is 517 g/mol. The minimum Gasteiger partial charge on any atom is -0.472 e. The topological polar surface area (TPSA) is 118 Å². The molecule has 190 valence electrons. The molecule has 1 aromatic carbocycles. The van der Waals surface area contributed by atoms with E-state index in [1.54, 1.807) is 28.9 Å². The van der Waals surface area contributed by atoms with E-state index >= 15 is 0 Å². The lowest BCUT2D eigenvalue weighted by Gasteiger charge is -2.25. The summed E-state index contributed by atoms with van der Waals surface area (Å²) < 4.78 is 7.71. The summed E-state index contributed by atoms with van der Waals surface area (Å²) in [6, 6.07) is 9.22. The second kappa shape index (κ2) is 9.24. The van der Waals surface area contributed by atoms with Gasteiger partial charge in [-0.1, -0.05) is 18.2 Å². The van der Waals surface area contributed by atoms with Crippen LogP contribution in [0.2, 0.25) is 0 Å². The summed E-state index contributed by atoms with van der Waals surface area (Å²) in [5, 5.41) is 21.4. The van der Waals surface area contributed by atoms with Gasteiger partial charge in [-0.2, -0.15) is 0 Å². The van der Waals surface area contributed by atoms with Gasteiger partial charge in [0.2, 0.25) is 5.95 Å². The van der Waals surface area contributed by atoms with E-state index in [0.29, 0.717) is 47.4 Å². The number of benzene rings is 1. The Labute approximate surface area is 218 Å². The molecule has 10 nitrogen and oxygen atoms in total. The lowest BCUT2D eigenvalue weighted by atomic mass is 9.91. The fourth-order valence-electron chi connectivity index (χ4n) is 4.52. The molecule has 1 aliphatic heterocycles. The molecule has 1 atom stereocenters. The van der Waals surface area contributed by atoms with Crippen molar-refractivity contribution in [2.24, 2.45) is 7.05 Å². The standard InChI is InChI=1S/C26H27N7O3S/c1-32-12-10-26(35,24(32)34)17-6-3-5-16(13-17)23-28-21(15-37-23)19-9-11-27-25(29-19)30-20-14-33(2)31-22(20)36-18-7-4-8-18/h3,5-6,9,11,13-15,18,35H,4,7-8,10,12H2,1-2H3,(H,27,29,30)/t26-/m1/s1. The van der Waals surface area contributed by atoms with Crippen LogP contribution in [0.15, 0.2) is 48.1 Å². The van der Waals surface area contributed by atoms with Gasteiger partial charge in [0.15, 0.2) is 5.60 Å². The number of rotatable bonds is 7. The number of carbonyl (C=O) groups excluding carboxylic acids is 1. The van der Waals surface area contributed by atoms with Gasteiger partial charge in [0.05, 0.1) is 11.9 Å². The Morgan fingerprint density at radius 3 is 2.81 bits per heavy atom. The molecular formula is C26H27N7O3S. The molecule has 2 fully saturated rings. The first-order chi connectivity index (χ1) is 17.9. The van der Waals surface area contributed by atoms with Crippen molar-refractivity contribution in [1.82, 2.24) is 29.6 Å². The number of thiazole rings is 1. The molecule has 0 radical (unpaired) electrons. The number of nitrogens with one attached hydrogen (secondary N) is 1. The molecule has 2 N–H and O–H groups in total. The summed E-state index contributed by atoms with van der Waals surface area (Å²) in [6.07, 6.45) is 7.39. The third-order valence-electron chi connectivity index (χ3n) is 6.89. The molecule has 6 rings (SSSR count). The van der Waals surface area contributed by atoms with Crippen molar-refractivity contribution in [3.63, 3.8) is 0 Å². The highest BCUT2D eigenvalue weighted by atomic mass is 32.1. The zero-order valence-electron chi connectivity index (χ0n) is 20.6. The van der Waals surface area contributed by atoms with Crippen LogP contribution in [0.5, 0.6) is 5.88 Å². The minimum atomic E-state index is -1.49. The first-order valence-corrected chi connectivity index (χ1v) is 13.1. The predicted octanol–water partition coefficient (Wildman–Crippen LogP) is 3.73. The maximum Gasteiger partial charge on any atom is 0.258 e. The van der Waals surface area contributed by atoms with Crippen LogP contribution in [0.1, 0.15) is 31.2 Å². The number of aryl methyl sites for hydroxylation is 1. The second-order valence-corrected chi connectivity index (χ2v) is 10.4. The maximum atomic E-state index is 12.6. The molecule has 11 heteroatoms. The third-order valence-corrected chi connectivity index (χ3v) is 7.78. The van der Waals surface area contributed by atoms with Crippen molar-refractivity contribution >= 4 is 28.9 Å². The predicted molar refractivity (Wildman–Crippen MR) is 139 cm³/mol. The van der Waals surface area contributed by atoms with Crippen LogP contribution in [0.4, 0.5) is 11.6 Å². The van der Waals surface area contributed by atoms with E-state index in [0.717, 1.165) is 23.4 Å². The summed E-state index contributed by atoms with van der Waals surface area (Å²) >= 11 is 1.48. The summed E-state index contributed by atoms with van der Waals surface area (Å²) in [5.41, 5.74) is 2.03. The van der Waals surface area contributed by atoms with Gasteiger partial charge in [0.25, 0.3) is 11.8 Å². The van der Waals surface area contributed by atoms with Crippen molar-refractivity contribution in [2.45, 2.75) is 37.4 Å². The Kier molecular flexibility index (Phi) is 5.88. The number of likely N-dealkylation sites (tertiary alicyclic amines) is 1. The molecule has 0 spiro atoms. The van der Waals surface area contributed by atoms with E-state index in [1.807, 2.05) is 42.9 Å². The van der Waals surface area contributed by atoms with Crippen molar-refractivity contribution in [3.05, 3.63) is 53.7 Å². The number of carbonyl (C=O) groups is 1. The summed E-state index contributed by atoms with van der Waals surface area (Å²) in [7, 11) is 3.56. The fourth-order valence-corrected chi connectivity index (χ4v) is 5.34. The van der Waals surface area contributed by atoms with E-state index in [9.17, 15) is 9.90 Å². The third kappa shape index (κ3) is 4.44. The first kappa shape index (κ1) is 23.6. The average Bonchev–Trinajstić information content (AvgIpc) is 3.57. The summed E-state index contributed by atoms with van der Waals surface area (Å²) in [4.78, 5) is 27.9. The molecule has 1 amide bonds.